The normalized spacial score (nSPS) is 25.0. The van der Waals surface area contributed by atoms with E-state index in [0.29, 0.717) is 51.3 Å². The van der Waals surface area contributed by atoms with Gasteiger partial charge >= 0.3 is 6.18 Å². The number of carbonyl (C=O) groups excluding carboxylic acids is 2. The number of piperazine rings is 1. The molecule has 10 heteroatoms. The number of piperidine rings is 1. The number of carbonyl (C=O) groups is 2. The Labute approximate surface area is 196 Å². The molecule has 2 atom stereocenters. The van der Waals surface area contributed by atoms with Crippen LogP contribution in [0.25, 0.3) is 0 Å². The van der Waals surface area contributed by atoms with Crippen molar-refractivity contribution in [2.75, 3.05) is 37.6 Å². The maximum Gasteiger partial charge on any atom is 0.417 e. The van der Waals surface area contributed by atoms with Crippen LogP contribution in [0.5, 0.6) is 0 Å². The number of hydrogen-bond acceptors (Lipinski definition) is 4. The zero-order chi connectivity index (χ0) is 24.0. The van der Waals surface area contributed by atoms with Gasteiger partial charge in [0.2, 0.25) is 11.8 Å². The average molecular weight is 488 g/mol. The number of rotatable bonds is 5. The molecule has 33 heavy (non-hydrogen) atoms. The fourth-order valence-corrected chi connectivity index (χ4v) is 5.27. The predicted molar refractivity (Wildman–Crippen MR) is 118 cm³/mol. The number of alkyl halides is 3. The molecular weight excluding hydrogens is 459 g/mol. The molecule has 2 aliphatic heterocycles. The molecule has 1 aromatic carbocycles. The molecule has 6 nitrogen and oxygen atoms in total. The zero-order valence-corrected chi connectivity index (χ0v) is 19.3. The van der Waals surface area contributed by atoms with Crippen molar-refractivity contribution in [2.24, 2.45) is 5.41 Å². The largest absolute Gasteiger partial charge is 0.417 e. The molecular formula is C23H29ClF3N3O3. The van der Waals surface area contributed by atoms with Gasteiger partial charge in [0.1, 0.15) is 6.04 Å². The van der Waals surface area contributed by atoms with Gasteiger partial charge in [-0.3, -0.25) is 9.59 Å². The predicted octanol–water partition coefficient (Wildman–Crippen LogP) is 3.55. The van der Waals surface area contributed by atoms with E-state index in [9.17, 15) is 27.9 Å². The Balaban J connectivity index is 1.27. The Hall–Kier alpha value is -2.00. The van der Waals surface area contributed by atoms with Gasteiger partial charge in [-0.1, -0.05) is 11.6 Å². The number of nitrogens with zero attached hydrogens (tertiary/aromatic N) is 3. The third-order valence-corrected chi connectivity index (χ3v) is 7.69. The molecule has 0 bridgehead atoms. The van der Waals surface area contributed by atoms with E-state index in [2.05, 4.69) is 0 Å². The Morgan fingerprint density at radius 2 is 1.94 bits per heavy atom. The van der Waals surface area contributed by atoms with Crippen molar-refractivity contribution in [3.05, 3.63) is 28.8 Å². The third-order valence-electron chi connectivity index (χ3n) is 7.38. The second-order valence-corrected chi connectivity index (χ2v) is 9.84. The van der Waals surface area contributed by atoms with Gasteiger partial charge < -0.3 is 19.8 Å². The summed E-state index contributed by atoms with van der Waals surface area (Å²) in [6.45, 7) is 4.11. The first kappa shape index (κ1) is 24.1. The molecule has 2 heterocycles. The molecule has 1 saturated carbocycles. The van der Waals surface area contributed by atoms with E-state index in [1.807, 2.05) is 0 Å². The number of aliphatic hydroxyl groups is 1. The first-order chi connectivity index (χ1) is 15.5. The van der Waals surface area contributed by atoms with Gasteiger partial charge in [0.05, 0.1) is 16.7 Å². The smallest absolute Gasteiger partial charge is 0.391 e. The Bertz CT molecular complexity index is 922. The fraction of sp³-hybridized carbons (Fsp3) is 0.652. The minimum absolute atomic E-state index is 0.00285. The molecule has 0 radical (unpaired) electrons. The van der Waals surface area contributed by atoms with Gasteiger partial charge in [0.25, 0.3) is 0 Å². The van der Waals surface area contributed by atoms with Crippen LogP contribution in [0.3, 0.4) is 0 Å². The van der Waals surface area contributed by atoms with E-state index in [1.54, 1.807) is 21.6 Å². The van der Waals surface area contributed by atoms with Crippen molar-refractivity contribution < 1.29 is 27.9 Å². The zero-order valence-electron chi connectivity index (χ0n) is 18.6. The van der Waals surface area contributed by atoms with Crippen LogP contribution in [0, 0.1) is 5.41 Å². The number of likely N-dealkylation sites (tertiary alicyclic amines) is 1. The SMILES string of the molecule is C[C@@H]1C(=O)N(CCCC(=O)N2CCC3(CC3)[C@H](O)C2)CCN1c1ccc(C(F)(F)F)c(Cl)c1. The van der Waals surface area contributed by atoms with Gasteiger partial charge in [-0.05, 0) is 56.2 Å². The summed E-state index contributed by atoms with van der Waals surface area (Å²) in [4.78, 5) is 30.6. The lowest BCUT2D eigenvalue weighted by molar-refractivity contribution is -0.138. The average Bonchev–Trinajstić information content (AvgIpc) is 3.53. The monoisotopic (exact) mass is 487 g/mol. The number of β-amino-alcohol motifs (C(OH)–C–C–N with tert-alkyl or cyclic N) is 1. The lowest BCUT2D eigenvalue weighted by Crippen LogP contribution is -2.56. The summed E-state index contributed by atoms with van der Waals surface area (Å²) in [7, 11) is 0. The topological polar surface area (TPSA) is 64.1 Å². The highest BCUT2D eigenvalue weighted by atomic mass is 35.5. The highest BCUT2D eigenvalue weighted by molar-refractivity contribution is 6.31. The second kappa shape index (κ2) is 8.98. The summed E-state index contributed by atoms with van der Waals surface area (Å²) >= 11 is 5.84. The number of hydrogen-bond donors (Lipinski definition) is 1. The van der Waals surface area contributed by atoms with E-state index in [1.165, 1.54) is 12.1 Å². The van der Waals surface area contributed by atoms with E-state index in [0.717, 1.165) is 25.3 Å². The van der Waals surface area contributed by atoms with Crippen molar-refractivity contribution >= 4 is 29.1 Å². The first-order valence-corrected chi connectivity index (χ1v) is 11.8. The molecule has 2 saturated heterocycles. The minimum Gasteiger partial charge on any atom is -0.391 e. The van der Waals surface area contributed by atoms with Crippen LogP contribution >= 0.6 is 11.6 Å². The van der Waals surface area contributed by atoms with Crippen LogP contribution in [0.1, 0.15) is 44.6 Å². The first-order valence-electron chi connectivity index (χ1n) is 11.4. The van der Waals surface area contributed by atoms with Gasteiger partial charge in [0, 0.05) is 44.8 Å². The molecule has 182 valence electrons. The lowest BCUT2D eigenvalue weighted by atomic mass is 9.90. The number of amides is 2. The maximum absolute atomic E-state index is 13.0. The fourth-order valence-electron chi connectivity index (χ4n) is 4.98. The maximum atomic E-state index is 13.0. The second-order valence-electron chi connectivity index (χ2n) is 9.43. The summed E-state index contributed by atoms with van der Waals surface area (Å²) in [6.07, 6.45) is -1.19. The number of benzene rings is 1. The molecule has 0 aromatic heterocycles. The van der Waals surface area contributed by atoms with E-state index < -0.39 is 28.9 Å². The quantitative estimate of drug-likeness (QED) is 0.690. The summed E-state index contributed by atoms with van der Waals surface area (Å²) in [5, 5.41) is 9.89. The molecule has 1 aliphatic carbocycles. The molecule has 1 aromatic rings. The van der Waals surface area contributed by atoms with E-state index >= 15 is 0 Å². The van der Waals surface area contributed by atoms with Crippen LogP contribution in [-0.2, 0) is 15.8 Å². The summed E-state index contributed by atoms with van der Waals surface area (Å²) < 4.78 is 38.9. The number of halogens is 4. The highest BCUT2D eigenvalue weighted by Gasteiger charge is 2.51. The number of aliphatic hydroxyl groups excluding tert-OH is 1. The van der Waals surface area contributed by atoms with Crippen molar-refractivity contribution in [1.29, 1.82) is 0 Å². The van der Waals surface area contributed by atoms with Crippen molar-refractivity contribution in [3.63, 3.8) is 0 Å². The minimum atomic E-state index is -4.53. The van der Waals surface area contributed by atoms with Crippen molar-refractivity contribution in [2.45, 2.75) is 57.3 Å². The molecule has 1 N–H and O–H groups in total. The van der Waals surface area contributed by atoms with Crippen LogP contribution in [0.2, 0.25) is 5.02 Å². The Morgan fingerprint density at radius 3 is 2.55 bits per heavy atom. The molecule has 4 rings (SSSR count). The Kier molecular flexibility index (Phi) is 6.57. The van der Waals surface area contributed by atoms with Crippen LogP contribution < -0.4 is 4.90 Å². The molecule has 3 fully saturated rings. The molecule has 1 spiro atoms. The van der Waals surface area contributed by atoms with Gasteiger partial charge in [-0.2, -0.15) is 13.2 Å². The lowest BCUT2D eigenvalue weighted by Gasteiger charge is -2.41. The van der Waals surface area contributed by atoms with E-state index in [-0.39, 0.29) is 17.2 Å². The molecule has 3 aliphatic rings. The van der Waals surface area contributed by atoms with Crippen molar-refractivity contribution in [1.82, 2.24) is 9.80 Å². The summed E-state index contributed by atoms with van der Waals surface area (Å²) in [5.41, 5.74) is -0.375. The molecule has 0 unspecified atom stereocenters. The van der Waals surface area contributed by atoms with Crippen LogP contribution in [0.4, 0.5) is 18.9 Å². The summed E-state index contributed by atoms with van der Waals surface area (Å²) in [5.74, 6) is -0.128. The highest BCUT2D eigenvalue weighted by Crippen LogP contribution is 2.53. The van der Waals surface area contributed by atoms with Gasteiger partial charge in [-0.25, -0.2) is 0 Å². The standard InChI is InChI=1S/C23H29ClF3N3O3/c1-15-21(33)28(9-2-3-20(32)29-10-8-22(6-7-22)19(31)14-29)11-12-30(15)16-4-5-17(18(24)13-16)23(25,26)27/h4-5,13,15,19,31H,2-3,6-12,14H2,1H3/t15-,19-/m1/s1. The van der Waals surface area contributed by atoms with Gasteiger partial charge in [-0.15, -0.1) is 0 Å². The van der Waals surface area contributed by atoms with E-state index in [4.69, 9.17) is 11.6 Å². The number of anilines is 1. The van der Waals surface area contributed by atoms with Gasteiger partial charge in [0.15, 0.2) is 0 Å². The van der Waals surface area contributed by atoms with Crippen molar-refractivity contribution in [3.8, 4) is 0 Å². The van der Waals surface area contributed by atoms with Crippen LogP contribution in [0.15, 0.2) is 18.2 Å². The van der Waals surface area contributed by atoms with Crippen LogP contribution in [-0.4, -0.2) is 71.6 Å². The summed E-state index contributed by atoms with van der Waals surface area (Å²) in [6, 6.07) is 2.98. The third kappa shape index (κ3) is 4.94. The molecule has 2 amide bonds. The Morgan fingerprint density at radius 1 is 1.21 bits per heavy atom.